The molecule has 0 bridgehead atoms. The first-order valence-electron chi connectivity index (χ1n) is 10.6. The minimum atomic E-state index is -4.61. The Labute approximate surface area is 197 Å². The summed E-state index contributed by atoms with van der Waals surface area (Å²) >= 11 is 0. The van der Waals surface area contributed by atoms with Crippen LogP contribution < -0.4 is 9.47 Å². The Hall–Kier alpha value is -3.63. The number of carboxylic acid groups (broad SMARTS) is 1. The third kappa shape index (κ3) is 2.99. The minimum Gasteiger partial charge on any atom is -0.495 e. The lowest BCUT2D eigenvalue weighted by Crippen LogP contribution is -2.52. The number of carboxylic acids is 1. The van der Waals surface area contributed by atoms with E-state index in [1.807, 2.05) is 0 Å². The molecule has 35 heavy (non-hydrogen) atoms. The van der Waals surface area contributed by atoms with Crippen molar-refractivity contribution < 1.29 is 42.8 Å². The van der Waals surface area contributed by atoms with Gasteiger partial charge < -0.3 is 24.8 Å². The molecular formula is C25H20F3NO6. The van der Waals surface area contributed by atoms with Crippen LogP contribution in [-0.2, 0) is 22.2 Å². The number of aliphatic hydroxyl groups excluding tert-OH is 1. The van der Waals surface area contributed by atoms with Crippen LogP contribution in [0.2, 0.25) is 0 Å². The topological polar surface area (TPSA) is 109 Å². The molecule has 10 heteroatoms. The molecular weight excluding hydrogens is 467 g/mol. The number of methoxy groups -OCH3 is 1. The summed E-state index contributed by atoms with van der Waals surface area (Å²) in [6, 6.07) is 12.2. The number of aromatic nitrogens is 1. The average molecular weight is 487 g/mol. The normalized spacial score (nSPS) is 29.3. The fourth-order valence-corrected chi connectivity index (χ4v) is 5.58. The maximum Gasteiger partial charge on any atom is 0.416 e. The quantitative estimate of drug-likeness (QED) is 0.517. The van der Waals surface area contributed by atoms with Gasteiger partial charge in [-0.05, 0) is 23.3 Å². The zero-order valence-electron chi connectivity index (χ0n) is 18.2. The number of halogens is 3. The highest BCUT2D eigenvalue weighted by atomic mass is 19.4. The Morgan fingerprint density at radius 2 is 1.74 bits per heavy atom. The number of ether oxygens (including phenoxy) is 2. The molecule has 0 amide bonds. The van der Waals surface area contributed by atoms with Gasteiger partial charge in [0.2, 0.25) is 0 Å². The van der Waals surface area contributed by atoms with Gasteiger partial charge in [0.25, 0.3) is 0 Å². The molecule has 1 aromatic heterocycles. The number of pyridine rings is 1. The molecule has 5 rings (SSSR count). The molecule has 7 nitrogen and oxygen atoms in total. The average Bonchev–Trinajstić information content (AvgIpc) is 3.22. The first-order chi connectivity index (χ1) is 16.6. The van der Waals surface area contributed by atoms with Gasteiger partial charge in [-0.1, -0.05) is 42.5 Å². The SMILES string of the molecule is COc1cncc2c1[C@]1(O)[C@H](O)[C@H](C(=O)O)[C@@H](c3ccccc3)[C@]1(c1ccc(C(F)(F)F)cc1)O2. The molecule has 2 heterocycles. The number of alkyl halides is 3. The second-order valence-electron chi connectivity index (χ2n) is 8.59. The van der Waals surface area contributed by atoms with Gasteiger partial charge in [-0.15, -0.1) is 0 Å². The van der Waals surface area contributed by atoms with Gasteiger partial charge in [0, 0.05) is 5.92 Å². The first-order valence-corrected chi connectivity index (χ1v) is 10.6. The lowest BCUT2D eigenvalue weighted by molar-refractivity contribution is -0.159. The van der Waals surface area contributed by atoms with Gasteiger partial charge in [-0.2, -0.15) is 13.2 Å². The zero-order valence-corrected chi connectivity index (χ0v) is 18.2. The predicted molar refractivity (Wildman–Crippen MR) is 115 cm³/mol. The van der Waals surface area contributed by atoms with Crippen LogP contribution in [0.3, 0.4) is 0 Å². The van der Waals surface area contributed by atoms with Crippen LogP contribution in [0.5, 0.6) is 11.5 Å². The van der Waals surface area contributed by atoms with Gasteiger partial charge in [0.15, 0.2) is 11.2 Å². The largest absolute Gasteiger partial charge is 0.495 e. The maximum absolute atomic E-state index is 13.3. The van der Waals surface area contributed by atoms with Crippen molar-refractivity contribution in [2.45, 2.75) is 29.4 Å². The number of hydrogen-bond acceptors (Lipinski definition) is 6. The van der Waals surface area contributed by atoms with E-state index in [1.54, 1.807) is 30.3 Å². The highest BCUT2D eigenvalue weighted by molar-refractivity contribution is 5.76. The Balaban J connectivity index is 1.85. The van der Waals surface area contributed by atoms with Crippen LogP contribution >= 0.6 is 0 Å². The molecule has 1 aliphatic heterocycles. The van der Waals surface area contributed by atoms with Gasteiger partial charge in [-0.3, -0.25) is 9.78 Å². The Morgan fingerprint density at radius 1 is 1.09 bits per heavy atom. The van der Waals surface area contributed by atoms with Crippen LogP contribution in [0.1, 0.15) is 28.2 Å². The van der Waals surface area contributed by atoms with Crippen molar-refractivity contribution in [1.29, 1.82) is 0 Å². The minimum absolute atomic E-state index is 0.0212. The number of fused-ring (bicyclic) bond motifs is 3. The van der Waals surface area contributed by atoms with Crippen LogP contribution in [0.4, 0.5) is 13.2 Å². The number of aliphatic hydroxyl groups is 2. The number of carbonyl (C=O) groups is 1. The number of aliphatic carboxylic acids is 1. The van der Waals surface area contributed by atoms with E-state index in [2.05, 4.69) is 4.98 Å². The zero-order chi connectivity index (χ0) is 25.2. The van der Waals surface area contributed by atoms with Gasteiger partial charge >= 0.3 is 12.1 Å². The molecule has 0 saturated heterocycles. The molecule has 0 spiro atoms. The van der Waals surface area contributed by atoms with Crippen molar-refractivity contribution >= 4 is 5.97 Å². The Bertz CT molecular complexity index is 1280. The summed E-state index contributed by atoms with van der Waals surface area (Å²) in [4.78, 5) is 16.5. The molecule has 0 radical (unpaired) electrons. The Kier molecular flexibility index (Phi) is 5.08. The summed E-state index contributed by atoms with van der Waals surface area (Å²) < 4.78 is 51.5. The standard InChI is InChI=1S/C25H20F3NO6/c1-34-16-11-29-12-17-20(16)23(33)21(30)18(22(31)32)19(13-5-3-2-4-6-13)24(23,35-17)14-7-9-15(10-8-14)25(26,27)28/h2-12,18-19,21,30,33H,1H3,(H,31,32)/t18-,19-,21-,23+,24+/m1/s1. The smallest absolute Gasteiger partial charge is 0.416 e. The van der Waals surface area contributed by atoms with Crippen molar-refractivity contribution in [3.63, 3.8) is 0 Å². The molecule has 0 unspecified atom stereocenters. The van der Waals surface area contributed by atoms with Crippen molar-refractivity contribution in [3.05, 3.63) is 89.2 Å². The van der Waals surface area contributed by atoms with E-state index in [0.717, 1.165) is 24.3 Å². The molecule has 1 saturated carbocycles. The predicted octanol–water partition coefficient (Wildman–Crippen LogP) is 3.44. The third-order valence-electron chi connectivity index (χ3n) is 6.96. The summed E-state index contributed by atoms with van der Waals surface area (Å²) in [6.45, 7) is 0. The van der Waals surface area contributed by atoms with Crippen LogP contribution in [0.25, 0.3) is 0 Å². The number of rotatable bonds is 4. The lowest BCUT2D eigenvalue weighted by Gasteiger charge is -2.40. The van der Waals surface area contributed by atoms with Crippen LogP contribution in [-0.4, -0.2) is 39.5 Å². The second-order valence-corrected chi connectivity index (χ2v) is 8.59. The first kappa shape index (κ1) is 23.1. The van der Waals surface area contributed by atoms with Crippen molar-refractivity contribution in [1.82, 2.24) is 4.98 Å². The highest BCUT2D eigenvalue weighted by Crippen LogP contribution is 2.69. The maximum atomic E-state index is 13.3. The summed E-state index contributed by atoms with van der Waals surface area (Å²) in [7, 11) is 1.31. The van der Waals surface area contributed by atoms with E-state index < -0.39 is 46.9 Å². The summed E-state index contributed by atoms with van der Waals surface area (Å²) in [5.74, 6) is -4.12. The highest BCUT2D eigenvalue weighted by Gasteiger charge is 2.78. The van der Waals surface area contributed by atoms with Crippen LogP contribution in [0.15, 0.2) is 67.0 Å². The second kappa shape index (κ2) is 7.69. The molecule has 5 atom stereocenters. The fourth-order valence-electron chi connectivity index (χ4n) is 5.58. The van der Waals surface area contributed by atoms with Gasteiger partial charge in [0.05, 0.1) is 36.5 Å². The summed E-state index contributed by atoms with van der Waals surface area (Å²) in [6.07, 6.45) is -3.96. The van der Waals surface area contributed by atoms with E-state index in [4.69, 9.17) is 9.47 Å². The molecule has 1 aliphatic carbocycles. The number of hydrogen-bond donors (Lipinski definition) is 3. The monoisotopic (exact) mass is 487 g/mol. The molecule has 2 aliphatic rings. The van der Waals surface area contributed by atoms with E-state index >= 15 is 0 Å². The fraction of sp³-hybridized carbons (Fsp3) is 0.280. The van der Waals surface area contributed by atoms with E-state index in [0.29, 0.717) is 5.56 Å². The van der Waals surface area contributed by atoms with E-state index in [9.17, 15) is 33.3 Å². The molecule has 1 fully saturated rings. The number of nitrogens with zero attached hydrogens (tertiary/aromatic N) is 1. The van der Waals surface area contributed by atoms with Crippen LogP contribution in [0, 0.1) is 5.92 Å². The van der Waals surface area contributed by atoms with Crippen molar-refractivity contribution in [3.8, 4) is 11.5 Å². The lowest BCUT2D eigenvalue weighted by atomic mass is 9.70. The summed E-state index contributed by atoms with van der Waals surface area (Å²) in [5.41, 5.74) is -4.90. The Morgan fingerprint density at radius 3 is 2.31 bits per heavy atom. The van der Waals surface area contributed by atoms with Crippen molar-refractivity contribution in [2.24, 2.45) is 5.92 Å². The van der Waals surface area contributed by atoms with Gasteiger partial charge in [0.1, 0.15) is 17.6 Å². The van der Waals surface area contributed by atoms with E-state index in [-0.39, 0.29) is 22.6 Å². The molecule has 3 aromatic rings. The molecule has 2 aromatic carbocycles. The van der Waals surface area contributed by atoms with Crippen molar-refractivity contribution in [2.75, 3.05) is 7.11 Å². The van der Waals surface area contributed by atoms with Gasteiger partial charge in [-0.25, -0.2) is 0 Å². The van der Waals surface area contributed by atoms with E-state index in [1.165, 1.54) is 19.5 Å². The number of benzene rings is 2. The third-order valence-corrected chi connectivity index (χ3v) is 6.96. The molecule has 182 valence electrons. The molecule has 3 N–H and O–H groups in total. The summed E-state index contributed by atoms with van der Waals surface area (Å²) in [5, 5.41) is 33.9.